The van der Waals surface area contributed by atoms with Crippen LogP contribution in [-0.2, 0) is 16.0 Å². The Balaban J connectivity index is 1.49. The number of amides is 2. The highest BCUT2D eigenvalue weighted by Crippen LogP contribution is 2.34. The van der Waals surface area contributed by atoms with Crippen LogP contribution in [0.15, 0.2) is 48.5 Å². The SMILES string of the molecule is O=C([C@H]1CN(C(=O)CCc2ccc(F)cc2)c2ccccc2O1)N1CCCCC1. The molecule has 29 heavy (non-hydrogen) atoms. The number of fused-ring (bicyclic) bond motifs is 1. The highest BCUT2D eigenvalue weighted by atomic mass is 19.1. The molecule has 0 aliphatic carbocycles. The monoisotopic (exact) mass is 396 g/mol. The van der Waals surface area contributed by atoms with Gasteiger partial charge < -0.3 is 14.5 Å². The number of anilines is 1. The van der Waals surface area contributed by atoms with Gasteiger partial charge in [0.05, 0.1) is 12.2 Å². The summed E-state index contributed by atoms with van der Waals surface area (Å²) in [6, 6.07) is 13.5. The van der Waals surface area contributed by atoms with Crippen LogP contribution < -0.4 is 9.64 Å². The zero-order valence-electron chi connectivity index (χ0n) is 16.4. The van der Waals surface area contributed by atoms with Gasteiger partial charge in [-0.3, -0.25) is 9.59 Å². The third-order valence-corrected chi connectivity index (χ3v) is 5.56. The number of hydrogen-bond acceptors (Lipinski definition) is 3. The number of hydrogen-bond donors (Lipinski definition) is 0. The van der Waals surface area contributed by atoms with Crippen molar-refractivity contribution in [3.8, 4) is 5.75 Å². The molecule has 0 saturated carbocycles. The molecule has 0 spiro atoms. The zero-order valence-corrected chi connectivity index (χ0v) is 16.4. The first kappa shape index (κ1) is 19.4. The summed E-state index contributed by atoms with van der Waals surface area (Å²) in [6.07, 6.45) is 3.28. The molecule has 0 unspecified atom stereocenters. The van der Waals surface area contributed by atoms with E-state index in [1.165, 1.54) is 12.1 Å². The summed E-state index contributed by atoms with van der Waals surface area (Å²) < 4.78 is 19.1. The quantitative estimate of drug-likeness (QED) is 0.794. The third kappa shape index (κ3) is 4.42. The van der Waals surface area contributed by atoms with Gasteiger partial charge in [-0.05, 0) is 55.5 Å². The molecule has 0 aromatic heterocycles. The first-order valence-electron chi connectivity index (χ1n) is 10.2. The van der Waals surface area contributed by atoms with Crippen LogP contribution in [0.5, 0.6) is 5.75 Å². The van der Waals surface area contributed by atoms with Gasteiger partial charge >= 0.3 is 0 Å². The van der Waals surface area contributed by atoms with Crippen molar-refractivity contribution in [2.24, 2.45) is 0 Å². The number of para-hydroxylation sites is 2. The molecule has 2 aromatic carbocycles. The Morgan fingerprint density at radius 1 is 1.00 bits per heavy atom. The molecule has 4 rings (SSSR count). The second kappa shape index (κ2) is 8.64. The van der Waals surface area contributed by atoms with Gasteiger partial charge in [0, 0.05) is 19.5 Å². The van der Waals surface area contributed by atoms with E-state index in [0.717, 1.165) is 37.9 Å². The molecule has 2 amide bonds. The van der Waals surface area contributed by atoms with E-state index < -0.39 is 6.10 Å². The van der Waals surface area contributed by atoms with Crippen molar-refractivity contribution in [1.29, 1.82) is 0 Å². The van der Waals surface area contributed by atoms with Crippen LogP contribution in [0.1, 0.15) is 31.2 Å². The van der Waals surface area contributed by atoms with Gasteiger partial charge in [0.25, 0.3) is 5.91 Å². The molecular formula is C23H25FN2O3. The fourth-order valence-corrected chi connectivity index (χ4v) is 3.95. The summed E-state index contributed by atoms with van der Waals surface area (Å²) in [5.41, 5.74) is 1.60. The molecule has 2 aromatic rings. The summed E-state index contributed by atoms with van der Waals surface area (Å²) in [4.78, 5) is 29.5. The molecule has 6 heteroatoms. The molecule has 1 saturated heterocycles. The minimum absolute atomic E-state index is 0.0458. The fraction of sp³-hybridized carbons (Fsp3) is 0.391. The van der Waals surface area contributed by atoms with Gasteiger partial charge in [0.15, 0.2) is 6.10 Å². The van der Waals surface area contributed by atoms with Gasteiger partial charge in [-0.25, -0.2) is 4.39 Å². The smallest absolute Gasteiger partial charge is 0.265 e. The number of rotatable bonds is 4. The van der Waals surface area contributed by atoms with E-state index in [0.29, 0.717) is 17.9 Å². The van der Waals surface area contributed by atoms with Gasteiger partial charge in [-0.15, -0.1) is 0 Å². The number of piperidine rings is 1. The lowest BCUT2D eigenvalue weighted by molar-refractivity contribution is -0.139. The number of carbonyl (C=O) groups excluding carboxylic acids is 2. The lowest BCUT2D eigenvalue weighted by atomic mass is 10.1. The second-order valence-electron chi connectivity index (χ2n) is 7.59. The van der Waals surface area contributed by atoms with E-state index >= 15 is 0 Å². The molecule has 1 atom stereocenters. The normalized spacial score (nSPS) is 18.7. The van der Waals surface area contributed by atoms with Crippen molar-refractivity contribution in [1.82, 2.24) is 4.90 Å². The molecule has 0 N–H and O–H groups in total. The Morgan fingerprint density at radius 3 is 2.48 bits per heavy atom. The fourth-order valence-electron chi connectivity index (χ4n) is 3.95. The van der Waals surface area contributed by atoms with Crippen LogP contribution in [0, 0.1) is 5.82 Å². The summed E-state index contributed by atoms with van der Waals surface area (Å²) in [5, 5.41) is 0. The average Bonchev–Trinajstić information content (AvgIpc) is 2.78. The minimum atomic E-state index is -0.683. The molecule has 1 fully saturated rings. The molecule has 5 nitrogen and oxygen atoms in total. The molecule has 0 bridgehead atoms. The Hall–Kier alpha value is -2.89. The Bertz CT molecular complexity index is 878. The number of carbonyl (C=O) groups is 2. The number of aryl methyl sites for hydroxylation is 1. The van der Waals surface area contributed by atoms with E-state index in [1.807, 2.05) is 23.1 Å². The minimum Gasteiger partial charge on any atom is -0.476 e. The van der Waals surface area contributed by atoms with Crippen molar-refractivity contribution >= 4 is 17.5 Å². The molecule has 2 aliphatic rings. The van der Waals surface area contributed by atoms with Gasteiger partial charge in [-0.2, -0.15) is 0 Å². The predicted octanol–water partition coefficient (Wildman–Crippen LogP) is 3.57. The molecule has 2 aliphatic heterocycles. The summed E-state index contributed by atoms with van der Waals surface area (Å²) >= 11 is 0. The van der Waals surface area contributed by atoms with Crippen LogP contribution >= 0.6 is 0 Å². The number of benzene rings is 2. The Labute approximate surface area is 170 Å². The first-order valence-corrected chi connectivity index (χ1v) is 10.2. The number of likely N-dealkylation sites (tertiary alicyclic amines) is 1. The van der Waals surface area contributed by atoms with Gasteiger partial charge in [0.1, 0.15) is 11.6 Å². The van der Waals surface area contributed by atoms with Crippen LogP contribution in [0.2, 0.25) is 0 Å². The average molecular weight is 396 g/mol. The lowest BCUT2D eigenvalue weighted by Gasteiger charge is -2.37. The predicted molar refractivity (Wildman–Crippen MR) is 108 cm³/mol. The van der Waals surface area contributed by atoms with Crippen molar-refractivity contribution in [3.63, 3.8) is 0 Å². The largest absolute Gasteiger partial charge is 0.476 e. The summed E-state index contributed by atoms with van der Waals surface area (Å²) in [7, 11) is 0. The highest BCUT2D eigenvalue weighted by molar-refractivity contribution is 5.97. The first-order chi connectivity index (χ1) is 14.1. The zero-order chi connectivity index (χ0) is 20.2. The maximum atomic E-state index is 13.1. The number of ether oxygens (including phenoxy) is 1. The van der Waals surface area contributed by atoms with Crippen molar-refractivity contribution in [2.75, 3.05) is 24.5 Å². The van der Waals surface area contributed by atoms with Crippen LogP contribution in [-0.4, -0.2) is 42.5 Å². The van der Waals surface area contributed by atoms with E-state index in [1.54, 1.807) is 23.1 Å². The Kier molecular flexibility index (Phi) is 5.79. The molecule has 152 valence electrons. The van der Waals surface area contributed by atoms with Crippen LogP contribution in [0.3, 0.4) is 0 Å². The van der Waals surface area contributed by atoms with E-state index in [2.05, 4.69) is 0 Å². The molecule has 0 radical (unpaired) electrons. The van der Waals surface area contributed by atoms with Gasteiger partial charge in [0.2, 0.25) is 5.91 Å². The molecule has 2 heterocycles. The maximum Gasteiger partial charge on any atom is 0.265 e. The van der Waals surface area contributed by atoms with E-state index in [-0.39, 0.29) is 30.6 Å². The van der Waals surface area contributed by atoms with Crippen molar-refractivity contribution < 1.29 is 18.7 Å². The van der Waals surface area contributed by atoms with E-state index in [9.17, 15) is 14.0 Å². The topological polar surface area (TPSA) is 49.9 Å². The van der Waals surface area contributed by atoms with Gasteiger partial charge in [-0.1, -0.05) is 24.3 Å². The van der Waals surface area contributed by atoms with Crippen molar-refractivity contribution in [2.45, 2.75) is 38.2 Å². The van der Waals surface area contributed by atoms with Crippen LogP contribution in [0.4, 0.5) is 10.1 Å². The lowest BCUT2D eigenvalue weighted by Crippen LogP contribution is -2.52. The van der Waals surface area contributed by atoms with Crippen LogP contribution in [0.25, 0.3) is 0 Å². The number of nitrogens with zero attached hydrogens (tertiary/aromatic N) is 2. The highest BCUT2D eigenvalue weighted by Gasteiger charge is 2.36. The summed E-state index contributed by atoms with van der Waals surface area (Å²) in [5.74, 6) is 0.155. The maximum absolute atomic E-state index is 13.1. The Morgan fingerprint density at radius 2 is 1.72 bits per heavy atom. The summed E-state index contributed by atoms with van der Waals surface area (Å²) in [6.45, 7) is 1.71. The second-order valence-corrected chi connectivity index (χ2v) is 7.59. The van der Waals surface area contributed by atoms with E-state index in [4.69, 9.17) is 4.74 Å². The standard InChI is InChI=1S/C23H25FN2O3/c24-18-11-8-17(9-12-18)10-13-22(27)26-16-21(23(28)25-14-4-1-5-15-25)29-20-7-3-2-6-19(20)26/h2-3,6-9,11-12,21H,1,4-5,10,13-16H2/t21-/m1/s1. The van der Waals surface area contributed by atoms with Crippen molar-refractivity contribution in [3.05, 3.63) is 59.9 Å². The molecular weight excluding hydrogens is 371 g/mol. The number of halogens is 1. The third-order valence-electron chi connectivity index (χ3n) is 5.56.